The zero-order valence-electron chi connectivity index (χ0n) is 18.7. The fraction of sp³-hybridized carbons (Fsp3) is 0.727. The van der Waals surface area contributed by atoms with Gasteiger partial charge in [-0.15, -0.1) is 0 Å². The van der Waals surface area contributed by atoms with Gasteiger partial charge in [0.05, 0.1) is 0 Å². The molecule has 1 atom stereocenters. The molecule has 30 heavy (non-hydrogen) atoms. The largest absolute Gasteiger partial charge is 0.340 e. The van der Waals surface area contributed by atoms with Crippen molar-refractivity contribution in [1.29, 1.82) is 0 Å². The number of rotatable bonds is 8. The van der Waals surface area contributed by atoms with Gasteiger partial charge in [0.2, 0.25) is 5.91 Å². The summed E-state index contributed by atoms with van der Waals surface area (Å²) in [6.07, 6.45) is 5.88. The minimum atomic E-state index is -0.417. The number of likely N-dealkylation sites (tertiary alicyclic amines) is 1. The molecule has 1 aliphatic heterocycles. The molecule has 1 N–H and O–H groups in total. The van der Waals surface area contributed by atoms with Crippen molar-refractivity contribution in [2.24, 2.45) is 5.92 Å². The monoisotopic (exact) mass is 417 g/mol. The Labute approximate surface area is 177 Å². The molecule has 1 fully saturated rings. The maximum atomic E-state index is 12.8. The van der Waals surface area contributed by atoms with Gasteiger partial charge in [-0.1, -0.05) is 27.2 Å². The number of H-pyrrole nitrogens is 1. The first-order valence-corrected chi connectivity index (χ1v) is 11.3. The number of aromatic nitrogens is 4. The van der Waals surface area contributed by atoms with Gasteiger partial charge in [0.15, 0.2) is 11.2 Å². The van der Waals surface area contributed by atoms with Crippen LogP contribution in [0.15, 0.2) is 9.59 Å². The lowest BCUT2D eigenvalue weighted by atomic mass is 10.0. The van der Waals surface area contributed by atoms with Gasteiger partial charge in [0, 0.05) is 38.5 Å². The lowest BCUT2D eigenvalue weighted by Crippen LogP contribution is -2.42. The summed E-state index contributed by atoms with van der Waals surface area (Å²) in [6.45, 7) is 10.3. The zero-order chi connectivity index (χ0) is 21.8. The second-order valence-corrected chi connectivity index (χ2v) is 8.90. The maximum Gasteiger partial charge on any atom is 0.330 e. The van der Waals surface area contributed by atoms with E-state index < -0.39 is 11.2 Å². The molecule has 0 saturated carbocycles. The minimum Gasteiger partial charge on any atom is -0.340 e. The van der Waals surface area contributed by atoms with E-state index in [0.29, 0.717) is 48.8 Å². The predicted octanol–water partition coefficient (Wildman–Crippen LogP) is 2.68. The Morgan fingerprint density at radius 1 is 1.23 bits per heavy atom. The highest BCUT2D eigenvalue weighted by Crippen LogP contribution is 2.20. The zero-order valence-corrected chi connectivity index (χ0v) is 18.7. The number of hydrogen-bond donors (Lipinski definition) is 1. The van der Waals surface area contributed by atoms with Gasteiger partial charge in [0.25, 0.3) is 5.56 Å². The van der Waals surface area contributed by atoms with Crippen molar-refractivity contribution in [1.82, 2.24) is 24.0 Å². The van der Waals surface area contributed by atoms with E-state index in [1.54, 1.807) is 4.57 Å². The smallest absolute Gasteiger partial charge is 0.330 e. The molecule has 0 spiro atoms. The molecule has 3 heterocycles. The van der Waals surface area contributed by atoms with E-state index in [1.807, 2.05) is 9.47 Å². The van der Waals surface area contributed by atoms with Crippen molar-refractivity contribution >= 4 is 17.1 Å². The summed E-state index contributed by atoms with van der Waals surface area (Å²) in [5, 5.41) is 0. The van der Waals surface area contributed by atoms with Crippen LogP contribution in [0.1, 0.15) is 72.0 Å². The van der Waals surface area contributed by atoms with Gasteiger partial charge >= 0.3 is 5.69 Å². The van der Waals surface area contributed by atoms with Crippen molar-refractivity contribution < 1.29 is 4.79 Å². The highest BCUT2D eigenvalue weighted by atomic mass is 16.2. The molecule has 0 aromatic carbocycles. The number of aromatic amines is 1. The Balaban J connectivity index is 1.96. The summed E-state index contributed by atoms with van der Waals surface area (Å²) in [7, 11) is 0. The number of nitrogens with one attached hydrogen (secondary N) is 1. The van der Waals surface area contributed by atoms with Crippen LogP contribution in [0, 0.1) is 5.92 Å². The van der Waals surface area contributed by atoms with E-state index in [1.165, 1.54) is 6.42 Å². The fourth-order valence-electron chi connectivity index (χ4n) is 4.32. The molecule has 2 aromatic rings. The van der Waals surface area contributed by atoms with Crippen LogP contribution in [0.2, 0.25) is 0 Å². The predicted molar refractivity (Wildman–Crippen MR) is 118 cm³/mol. The maximum absolute atomic E-state index is 12.8. The first kappa shape index (κ1) is 22.3. The first-order chi connectivity index (χ1) is 14.3. The van der Waals surface area contributed by atoms with Crippen LogP contribution in [-0.2, 0) is 24.3 Å². The number of carbonyl (C=O) groups excluding carboxylic acids is 1. The molecule has 2 aromatic heterocycles. The second kappa shape index (κ2) is 9.62. The Morgan fingerprint density at radius 2 is 2.00 bits per heavy atom. The number of fused-ring (bicyclic) bond motifs is 1. The molecule has 0 radical (unpaired) electrons. The molecule has 1 amide bonds. The van der Waals surface area contributed by atoms with Crippen LogP contribution in [0.3, 0.4) is 0 Å². The molecule has 1 saturated heterocycles. The molecule has 166 valence electrons. The lowest BCUT2D eigenvalue weighted by molar-refractivity contribution is -0.134. The van der Waals surface area contributed by atoms with E-state index in [2.05, 4.69) is 32.7 Å². The van der Waals surface area contributed by atoms with E-state index in [0.717, 1.165) is 32.2 Å². The van der Waals surface area contributed by atoms with Crippen LogP contribution in [0.25, 0.3) is 11.2 Å². The second-order valence-electron chi connectivity index (χ2n) is 8.90. The molecule has 8 heteroatoms. The van der Waals surface area contributed by atoms with Gasteiger partial charge in [0.1, 0.15) is 5.82 Å². The standard InChI is InChI=1S/C22H35N5O3/c1-5-6-12-26-20-19(21(29)24-22(26)30)27(14-15(2)3)17(23-20)10-11-18(28)25-13-8-7-9-16(25)4/h15-16H,5-14H2,1-4H3,(H,24,29,30). The van der Waals surface area contributed by atoms with Gasteiger partial charge in [-0.3, -0.25) is 19.1 Å². The topological polar surface area (TPSA) is 93.0 Å². The van der Waals surface area contributed by atoms with E-state index >= 15 is 0 Å². The number of amides is 1. The summed E-state index contributed by atoms with van der Waals surface area (Å²) in [5.74, 6) is 1.15. The molecule has 1 aliphatic rings. The quantitative estimate of drug-likeness (QED) is 0.715. The number of hydrogen-bond acceptors (Lipinski definition) is 4. The summed E-state index contributed by atoms with van der Waals surface area (Å²) in [6, 6.07) is 0.280. The van der Waals surface area contributed by atoms with Crippen LogP contribution in [0.5, 0.6) is 0 Å². The third kappa shape index (κ3) is 4.68. The van der Waals surface area contributed by atoms with Gasteiger partial charge in [-0.25, -0.2) is 9.78 Å². The van der Waals surface area contributed by atoms with Gasteiger partial charge in [-0.2, -0.15) is 0 Å². The van der Waals surface area contributed by atoms with Crippen LogP contribution in [-0.4, -0.2) is 42.5 Å². The third-order valence-corrected chi connectivity index (χ3v) is 5.93. The summed E-state index contributed by atoms with van der Waals surface area (Å²) >= 11 is 0. The molecular weight excluding hydrogens is 382 g/mol. The normalized spacial score (nSPS) is 17.2. The Bertz CT molecular complexity index is 1000. The number of piperidine rings is 1. The molecule has 1 unspecified atom stereocenters. The Hall–Kier alpha value is -2.38. The molecule has 0 aliphatic carbocycles. The van der Waals surface area contributed by atoms with Crippen molar-refractivity contribution in [2.45, 2.75) is 91.8 Å². The number of nitrogens with zero attached hydrogens (tertiary/aromatic N) is 4. The highest BCUT2D eigenvalue weighted by Gasteiger charge is 2.24. The first-order valence-electron chi connectivity index (χ1n) is 11.3. The van der Waals surface area contributed by atoms with E-state index in [-0.39, 0.29) is 11.9 Å². The molecule has 8 nitrogen and oxygen atoms in total. The average molecular weight is 418 g/mol. The summed E-state index contributed by atoms with van der Waals surface area (Å²) < 4.78 is 3.47. The minimum absolute atomic E-state index is 0.141. The van der Waals surface area contributed by atoms with Gasteiger partial charge < -0.3 is 9.47 Å². The summed E-state index contributed by atoms with van der Waals surface area (Å²) in [5.41, 5.74) is 0.0536. The molecular formula is C22H35N5O3. The molecule has 0 bridgehead atoms. The van der Waals surface area contributed by atoms with Crippen molar-refractivity contribution in [3.05, 3.63) is 26.7 Å². The molecule has 3 rings (SSSR count). The third-order valence-electron chi connectivity index (χ3n) is 5.93. The number of unbranched alkanes of at least 4 members (excludes halogenated alkanes) is 1. The van der Waals surface area contributed by atoms with Crippen LogP contribution in [0.4, 0.5) is 0 Å². The Kier molecular flexibility index (Phi) is 7.15. The number of carbonyl (C=O) groups is 1. The fourth-order valence-corrected chi connectivity index (χ4v) is 4.32. The Morgan fingerprint density at radius 3 is 2.67 bits per heavy atom. The number of aryl methyl sites for hydroxylation is 2. The van der Waals surface area contributed by atoms with E-state index in [4.69, 9.17) is 4.98 Å². The summed E-state index contributed by atoms with van der Waals surface area (Å²) in [4.78, 5) is 47.0. The number of imidazole rings is 1. The van der Waals surface area contributed by atoms with Crippen LogP contribution >= 0.6 is 0 Å². The lowest BCUT2D eigenvalue weighted by Gasteiger charge is -2.33. The van der Waals surface area contributed by atoms with Crippen molar-refractivity contribution in [3.63, 3.8) is 0 Å². The average Bonchev–Trinajstić information content (AvgIpc) is 3.04. The van der Waals surface area contributed by atoms with Crippen LogP contribution < -0.4 is 11.2 Å². The van der Waals surface area contributed by atoms with Crippen molar-refractivity contribution in [3.8, 4) is 0 Å². The highest BCUT2D eigenvalue weighted by molar-refractivity contribution is 5.77. The van der Waals surface area contributed by atoms with E-state index in [9.17, 15) is 14.4 Å². The SMILES string of the molecule is CCCCn1c(=O)[nH]c(=O)c2c1nc(CCC(=O)N1CCCCC1C)n2CC(C)C. The van der Waals surface area contributed by atoms with Crippen molar-refractivity contribution in [2.75, 3.05) is 6.54 Å². The van der Waals surface area contributed by atoms with Gasteiger partial charge in [-0.05, 0) is 38.5 Å².